The molecule has 0 atom stereocenters. The number of rotatable bonds is 3. The number of anilines is 1. The lowest BCUT2D eigenvalue weighted by atomic mass is 10.3. The summed E-state index contributed by atoms with van der Waals surface area (Å²) in [5, 5.41) is -0.224. The second-order valence-electron chi connectivity index (χ2n) is 3.81. The van der Waals surface area contributed by atoms with E-state index in [2.05, 4.69) is 14.7 Å². The van der Waals surface area contributed by atoms with Crippen LogP contribution in [0.15, 0.2) is 29.2 Å². The molecule has 0 fully saturated rings. The second kappa shape index (κ2) is 5.51. The van der Waals surface area contributed by atoms with Crippen molar-refractivity contribution in [3.63, 3.8) is 0 Å². The van der Waals surface area contributed by atoms with Crippen molar-refractivity contribution in [3.8, 4) is 0 Å². The highest BCUT2D eigenvalue weighted by Crippen LogP contribution is 2.23. The van der Waals surface area contributed by atoms with Crippen molar-refractivity contribution in [3.05, 3.63) is 46.0 Å². The third kappa shape index (κ3) is 3.17. The Balaban J connectivity index is 2.43. The van der Waals surface area contributed by atoms with Gasteiger partial charge in [-0.25, -0.2) is 27.5 Å². The Labute approximate surface area is 124 Å². The number of hydrogen-bond acceptors (Lipinski definition) is 4. The van der Waals surface area contributed by atoms with E-state index >= 15 is 0 Å². The number of aryl methyl sites for hydroxylation is 1. The third-order valence-electron chi connectivity index (χ3n) is 2.25. The first-order valence-corrected chi connectivity index (χ1v) is 7.51. The van der Waals surface area contributed by atoms with Crippen molar-refractivity contribution in [2.24, 2.45) is 0 Å². The Kier molecular flexibility index (Phi) is 4.12. The molecule has 0 saturated heterocycles. The van der Waals surface area contributed by atoms with Gasteiger partial charge in [0, 0.05) is 5.69 Å². The lowest BCUT2D eigenvalue weighted by Gasteiger charge is -2.08. The quantitative estimate of drug-likeness (QED) is 0.875. The molecule has 0 bridgehead atoms. The van der Waals surface area contributed by atoms with E-state index in [1.807, 2.05) is 0 Å². The highest BCUT2D eigenvalue weighted by atomic mass is 35.5. The molecule has 0 spiro atoms. The van der Waals surface area contributed by atoms with Crippen molar-refractivity contribution in [2.75, 3.05) is 4.72 Å². The van der Waals surface area contributed by atoms with Crippen LogP contribution in [0.3, 0.4) is 0 Å². The minimum absolute atomic E-state index is 0.0711. The first kappa shape index (κ1) is 15.0. The minimum atomic E-state index is -4.19. The van der Waals surface area contributed by atoms with Gasteiger partial charge in [0.15, 0.2) is 5.82 Å². The smallest absolute Gasteiger partial charge is 0.247 e. The monoisotopic (exact) mass is 335 g/mol. The summed E-state index contributed by atoms with van der Waals surface area (Å²) in [6.45, 7) is 1.62. The van der Waals surface area contributed by atoms with E-state index < -0.39 is 20.7 Å². The summed E-state index contributed by atoms with van der Waals surface area (Å²) >= 11 is 11.3. The highest BCUT2D eigenvalue weighted by molar-refractivity contribution is 7.92. The SMILES string of the molecule is Cc1cc(Cl)nc(NS(=O)(=O)c2cccc(Cl)c2F)n1. The van der Waals surface area contributed by atoms with Gasteiger partial charge in [0.25, 0.3) is 10.0 Å². The van der Waals surface area contributed by atoms with Gasteiger partial charge in [-0.1, -0.05) is 29.3 Å². The van der Waals surface area contributed by atoms with Crippen molar-refractivity contribution in [1.29, 1.82) is 0 Å². The zero-order valence-corrected chi connectivity index (χ0v) is 12.4. The molecule has 1 aromatic heterocycles. The highest BCUT2D eigenvalue weighted by Gasteiger charge is 2.22. The molecule has 0 aliphatic carbocycles. The number of halogens is 3. The van der Waals surface area contributed by atoms with Crippen LogP contribution in [0.25, 0.3) is 0 Å². The van der Waals surface area contributed by atoms with Gasteiger partial charge in [0.05, 0.1) is 5.02 Å². The number of nitrogens with zero attached hydrogens (tertiary/aromatic N) is 2. The van der Waals surface area contributed by atoms with Gasteiger partial charge in [0.2, 0.25) is 5.95 Å². The fraction of sp³-hybridized carbons (Fsp3) is 0.0909. The van der Waals surface area contributed by atoms with Crippen LogP contribution >= 0.6 is 23.2 Å². The maximum absolute atomic E-state index is 13.7. The predicted molar refractivity (Wildman–Crippen MR) is 74.0 cm³/mol. The Morgan fingerprint density at radius 2 is 1.95 bits per heavy atom. The molecule has 0 amide bonds. The minimum Gasteiger partial charge on any atom is -0.247 e. The first-order valence-electron chi connectivity index (χ1n) is 5.27. The fourth-order valence-corrected chi connectivity index (χ4v) is 2.96. The van der Waals surface area contributed by atoms with Crippen LogP contribution in [0.2, 0.25) is 10.2 Å². The normalized spacial score (nSPS) is 11.4. The first-order chi connectivity index (χ1) is 9.29. The Bertz CT molecular complexity index is 748. The van der Waals surface area contributed by atoms with Crippen molar-refractivity contribution in [1.82, 2.24) is 9.97 Å². The van der Waals surface area contributed by atoms with Crippen LogP contribution in [-0.2, 0) is 10.0 Å². The van der Waals surface area contributed by atoms with Gasteiger partial charge in [0.1, 0.15) is 10.0 Å². The molecule has 1 heterocycles. The van der Waals surface area contributed by atoms with E-state index in [0.29, 0.717) is 5.69 Å². The van der Waals surface area contributed by atoms with Gasteiger partial charge in [-0.15, -0.1) is 0 Å². The van der Waals surface area contributed by atoms with Gasteiger partial charge in [-0.2, -0.15) is 0 Å². The Morgan fingerprint density at radius 1 is 1.25 bits per heavy atom. The molecule has 20 heavy (non-hydrogen) atoms. The fourth-order valence-electron chi connectivity index (χ4n) is 1.44. The maximum atomic E-state index is 13.7. The van der Waals surface area contributed by atoms with E-state index in [9.17, 15) is 12.8 Å². The number of aromatic nitrogens is 2. The third-order valence-corrected chi connectivity index (χ3v) is 4.09. The Hall–Kier alpha value is -1.44. The largest absolute Gasteiger partial charge is 0.267 e. The van der Waals surface area contributed by atoms with E-state index in [1.165, 1.54) is 18.2 Å². The molecule has 2 rings (SSSR count). The van der Waals surface area contributed by atoms with Crippen LogP contribution in [-0.4, -0.2) is 18.4 Å². The lowest BCUT2D eigenvalue weighted by Crippen LogP contribution is -2.17. The van der Waals surface area contributed by atoms with Gasteiger partial charge >= 0.3 is 0 Å². The van der Waals surface area contributed by atoms with Gasteiger partial charge < -0.3 is 0 Å². The van der Waals surface area contributed by atoms with Crippen LogP contribution < -0.4 is 4.72 Å². The molecule has 9 heteroatoms. The molecule has 5 nitrogen and oxygen atoms in total. The number of benzene rings is 1. The van der Waals surface area contributed by atoms with Crippen LogP contribution in [0, 0.1) is 12.7 Å². The molecular weight excluding hydrogens is 328 g/mol. The Morgan fingerprint density at radius 3 is 2.60 bits per heavy atom. The molecule has 2 aromatic rings. The maximum Gasteiger partial charge on any atom is 0.267 e. The standard InChI is InChI=1S/C11H8Cl2FN3O2S/c1-6-5-9(13)16-11(15-6)17-20(18,19)8-4-2-3-7(12)10(8)14/h2-5H,1H3,(H,15,16,17). The van der Waals surface area contributed by atoms with Gasteiger partial charge in [-0.05, 0) is 25.1 Å². The van der Waals surface area contributed by atoms with Crippen molar-refractivity contribution in [2.45, 2.75) is 11.8 Å². The summed E-state index contributed by atoms with van der Waals surface area (Å²) < 4.78 is 39.9. The zero-order chi connectivity index (χ0) is 14.9. The number of sulfonamides is 1. The number of hydrogen-bond donors (Lipinski definition) is 1. The molecule has 106 valence electrons. The summed E-state index contributed by atoms with van der Waals surface area (Å²) in [5.74, 6) is -1.28. The van der Waals surface area contributed by atoms with Gasteiger partial charge in [-0.3, -0.25) is 0 Å². The van der Waals surface area contributed by atoms with Crippen LogP contribution in [0.5, 0.6) is 0 Å². The average Bonchev–Trinajstić information content (AvgIpc) is 2.30. The summed E-state index contributed by atoms with van der Waals surface area (Å²) in [4.78, 5) is 6.97. The predicted octanol–water partition coefficient (Wildman–Crippen LogP) is 3.03. The molecule has 0 saturated carbocycles. The second-order valence-corrected chi connectivity index (χ2v) is 6.26. The summed E-state index contributed by atoms with van der Waals surface area (Å²) in [6, 6.07) is 5.11. The molecule has 0 aliphatic rings. The van der Waals surface area contributed by atoms with E-state index in [1.54, 1.807) is 6.92 Å². The van der Waals surface area contributed by atoms with Crippen LogP contribution in [0.4, 0.5) is 10.3 Å². The average molecular weight is 336 g/mol. The molecule has 0 aliphatic heterocycles. The number of nitrogens with one attached hydrogen (secondary N) is 1. The van der Waals surface area contributed by atoms with E-state index in [-0.39, 0.29) is 16.1 Å². The molecule has 1 N–H and O–H groups in total. The van der Waals surface area contributed by atoms with Crippen molar-refractivity contribution >= 4 is 39.2 Å². The van der Waals surface area contributed by atoms with Crippen molar-refractivity contribution < 1.29 is 12.8 Å². The summed E-state index contributed by atoms with van der Waals surface area (Å²) in [5.41, 5.74) is 0.467. The molecule has 1 aromatic carbocycles. The summed E-state index contributed by atoms with van der Waals surface area (Å²) in [7, 11) is -4.19. The van der Waals surface area contributed by atoms with E-state index in [4.69, 9.17) is 23.2 Å². The topological polar surface area (TPSA) is 72.0 Å². The van der Waals surface area contributed by atoms with Crippen LogP contribution in [0.1, 0.15) is 5.69 Å². The zero-order valence-electron chi connectivity index (χ0n) is 10.1. The lowest BCUT2D eigenvalue weighted by molar-refractivity contribution is 0.570. The van der Waals surface area contributed by atoms with E-state index in [0.717, 1.165) is 6.07 Å². The summed E-state index contributed by atoms with van der Waals surface area (Å²) in [6.07, 6.45) is 0. The molecule has 0 radical (unpaired) electrons. The molecular formula is C11H8Cl2FN3O2S. The molecule has 0 unspecified atom stereocenters.